The van der Waals surface area contributed by atoms with Crippen molar-refractivity contribution in [1.29, 1.82) is 0 Å². The molecule has 116 valence electrons. The number of carbonyl (C=O) groups is 3. The Morgan fingerprint density at radius 3 is 2.36 bits per heavy atom. The summed E-state index contributed by atoms with van der Waals surface area (Å²) in [4.78, 5) is 34.5. The van der Waals surface area contributed by atoms with Gasteiger partial charge in [0.25, 0.3) is 0 Å². The number of carbonyl (C=O) groups excluding carboxylic acids is 2. The number of hydrogen-bond acceptors (Lipinski definition) is 3. The predicted octanol–water partition coefficient (Wildman–Crippen LogP) is 3.17. The third-order valence-electron chi connectivity index (χ3n) is 3.64. The van der Waals surface area contributed by atoms with Gasteiger partial charge in [0.1, 0.15) is 0 Å². The van der Waals surface area contributed by atoms with Crippen molar-refractivity contribution >= 4 is 23.3 Å². The molecule has 0 bridgehead atoms. The maximum atomic E-state index is 12.0. The summed E-state index contributed by atoms with van der Waals surface area (Å²) in [6, 6.07) is 5.92. The highest BCUT2D eigenvalue weighted by Crippen LogP contribution is 2.19. The normalized spacial score (nSPS) is 14.1. The van der Waals surface area contributed by atoms with E-state index in [0.29, 0.717) is 5.69 Å². The Balaban J connectivity index is 1.81. The summed E-state index contributed by atoms with van der Waals surface area (Å²) in [6.07, 6.45) is 6.26. The fraction of sp³-hybridized carbons (Fsp3) is 0.353. The van der Waals surface area contributed by atoms with E-state index in [1.165, 1.54) is 24.3 Å². The lowest BCUT2D eigenvalue weighted by Gasteiger charge is -2.11. The first-order valence-corrected chi connectivity index (χ1v) is 7.41. The molecule has 2 rings (SSSR count). The van der Waals surface area contributed by atoms with Crippen molar-refractivity contribution in [2.45, 2.75) is 38.5 Å². The van der Waals surface area contributed by atoms with Crippen molar-refractivity contribution in [3.05, 3.63) is 41.5 Å². The van der Waals surface area contributed by atoms with Gasteiger partial charge in [0.05, 0.1) is 5.56 Å². The van der Waals surface area contributed by atoms with Gasteiger partial charge in [-0.25, -0.2) is 4.79 Å². The van der Waals surface area contributed by atoms with E-state index in [2.05, 4.69) is 5.32 Å². The van der Waals surface area contributed by atoms with Crippen LogP contribution >= 0.6 is 0 Å². The number of aromatic carboxylic acids is 1. The second-order valence-corrected chi connectivity index (χ2v) is 5.33. The van der Waals surface area contributed by atoms with E-state index in [1.54, 1.807) is 0 Å². The molecule has 0 atom stereocenters. The number of Topliss-reactive ketones (excluding diaryl/α,β-unsaturated/α-hetero) is 1. The van der Waals surface area contributed by atoms with Crippen LogP contribution in [0.3, 0.4) is 0 Å². The van der Waals surface area contributed by atoms with Crippen molar-refractivity contribution in [3.8, 4) is 0 Å². The first-order chi connectivity index (χ1) is 10.6. The van der Waals surface area contributed by atoms with E-state index in [9.17, 15) is 14.4 Å². The van der Waals surface area contributed by atoms with Crippen LogP contribution in [0.5, 0.6) is 0 Å². The first-order valence-electron chi connectivity index (χ1n) is 7.41. The Hall–Kier alpha value is -2.43. The summed E-state index contributed by atoms with van der Waals surface area (Å²) >= 11 is 0. The molecule has 2 N–H and O–H groups in total. The van der Waals surface area contributed by atoms with Crippen LogP contribution in [0.15, 0.2) is 35.9 Å². The van der Waals surface area contributed by atoms with E-state index in [1.807, 2.05) is 6.08 Å². The van der Waals surface area contributed by atoms with Crippen LogP contribution in [0.25, 0.3) is 0 Å². The highest BCUT2D eigenvalue weighted by molar-refractivity contribution is 5.99. The zero-order valence-corrected chi connectivity index (χ0v) is 12.3. The molecule has 0 aliphatic heterocycles. The summed E-state index contributed by atoms with van der Waals surface area (Å²) in [7, 11) is 0. The minimum Gasteiger partial charge on any atom is -0.478 e. The van der Waals surface area contributed by atoms with E-state index < -0.39 is 5.97 Å². The molecule has 0 aromatic heterocycles. The van der Waals surface area contributed by atoms with E-state index in [-0.39, 0.29) is 30.1 Å². The van der Waals surface area contributed by atoms with Gasteiger partial charge >= 0.3 is 5.97 Å². The molecule has 0 fully saturated rings. The molecular formula is C17H19NO4. The van der Waals surface area contributed by atoms with Gasteiger partial charge in [0.15, 0.2) is 5.78 Å². The second kappa shape index (κ2) is 7.54. The topological polar surface area (TPSA) is 83.5 Å². The fourth-order valence-corrected chi connectivity index (χ4v) is 2.40. The quantitative estimate of drug-likeness (QED) is 0.845. The molecule has 5 nitrogen and oxygen atoms in total. The molecular weight excluding hydrogens is 282 g/mol. The number of amides is 1. The van der Waals surface area contributed by atoms with Gasteiger partial charge < -0.3 is 10.4 Å². The molecule has 0 spiro atoms. The van der Waals surface area contributed by atoms with Crippen molar-refractivity contribution < 1.29 is 19.5 Å². The van der Waals surface area contributed by atoms with Gasteiger partial charge in [-0.1, -0.05) is 6.08 Å². The van der Waals surface area contributed by atoms with Crippen molar-refractivity contribution in [1.82, 2.24) is 0 Å². The van der Waals surface area contributed by atoms with Crippen LogP contribution in [0.4, 0.5) is 5.69 Å². The Labute approximate surface area is 129 Å². The van der Waals surface area contributed by atoms with Gasteiger partial charge in [0.2, 0.25) is 5.91 Å². The molecule has 0 saturated heterocycles. The van der Waals surface area contributed by atoms with Crippen LogP contribution in [0.2, 0.25) is 0 Å². The summed E-state index contributed by atoms with van der Waals surface area (Å²) in [5.41, 5.74) is 1.54. The highest BCUT2D eigenvalue weighted by Gasteiger charge is 2.14. The lowest BCUT2D eigenvalue weighted by atomic mass is 9.94. The third kappa shape index (κ3) is 4.55. The Morgan fingerprint density at radius 2 is 1.77 bits per heavy atom. The average molecular weight is 301 g/mol. The number of anilines is 1. The number of ketones is 1. The zero-order chi connectivity index (χ0) is 15.9. The molecule has 0 radical (unpaired) electrons. The van der Waals surface area contributed by atoms with Crippen LogP contribution in [-0.2, 0) is 9.59 Å². The van der Waals surface area contributed by atoms with Crippen LogP contribution in [-0.4, -0.2) is 22.8 Å². The molecule has 5 heteroatoms. The SMILES string of the molecule is O=C(CCC(=O)C1=CCCCC1)Nc1ccc(C(=O)O)cc1. The van der Waals surface area contributed by atoms with E-state index in [4.69, 9.17) is 5.11 Å². The molecule has 1 aliphatic rings. The van der Waals surface area contributed by atoms with Gasteiger partial charge in [0, 0.05) is 18.5 Å². The van der Waals surface area contributed by atoms with Gasteiger partial charge in [-0.3, -0.25) is 9.59 Å². The number of hydrogen-bond donors (Lipinski definition) is 2. The largest absolute Gasteiger partial charge is 0.478 e. The number of benzene rings is 1. The molecule has 1 amide bonds. The van der Waals surface area contributed by atoms with Crippen LogP contribution in [0.1, 0.15) is 48.9 Å². The fourth-order valence-electron chi connectivity index (χ4n) is 2.40. The van der Waals surface area contributed by atoms with E-state index >= 15 is 0 Å². The van der Waals surface area contributed by atoms with Gasteiger partial charge in [-0.2, -0.15) is 0 Å². The smallest absolute Gasteiger partial charge is 0.335 e. The zero-order valence-electron chi connectivity index (χ0n) is 12.3. The number of carboxylic acid groups (broad SMARTS) is 1. The minimum absolute atomic E-state index is 0.0519. The molecule has 1 aromatic carbocycles. The second-order valence-electron chi connectivity index (χ2n) is 5.33. The van der Waals surface area contributed by atoms with Crippen molar-refractivity contribution in [3.63, 3.8) is 0 Å². The lowest BCUT2D eigenvalue weighted by molar-refractivity contribution is -0.121. The Kier molecular flexibility index (Phi) is 5.47. The summed E-state index contributed by atoms with van der Waals surface area (Å²) in [5.74, 6) is -1.20. The first kappa shape index (κ1) is 15.9. The number of carboxylic acids is 1. The summed E-state index contributed by atoms with van der Waals surface area (Å²) in [6.45, 7) is 0. The molecule has 0 saturated carbocycles. The van der Waals surface area contributed by atoms with Crippen LogP contribution in [0, 0.1) is 0 Å². The predicted molar refractivity (Wildman–Crippen MR) is 82.8 cm³/mol. The molecule has 0 unspecified atom stereocenters. The van der Waals surface area contributed by atoms with Gasteiger partial charge in [-0.05, 0) is 55.5 Å². The standard InChI is InChI=1S/C17H19NO4/c19-15(12-4-2-1-3-5-12)10-11-16(20)18-14-8-6-13(7-9-14)17(21)22/h4,6-9H,1-3,5,10-11H2,(H,18,20)(H,21,22). The van der Waals surface area contributed by atoms with Crippen LogP contribution < -0.4 is 5.32 Å². The molecule has 0 heterocycles. The molecule has 1 aliphatic carbocycles. The van der Waals surface area contributed by atoms with Gasteiger partial charge in [-0.15, -0.1) is 0 Å². The summed E-state index contributed by atoms with van der Waals surface area (Å²) in [5, 5.41) is 11.5. The maximum Gasteiger partial charge on any atom is 0.335 e. The molecule has 22 heavy (non-hydrogen) atoms. The number of nitrogens with one attached hydrogen (secondary N) is 1. The van der Waals surface area contributed by atoms with E-state index in [0.717, 1.165) is 31.3 Å². The third-order valence-corrected chi connectivity index (χ3v) is 3.64. The monoisotopic (exact) mass is 301 g/mol. The Morgan fingerprint density at radius 1 is 1.05 bits per heavy atom. The highest BCUT2D eigenvalue weighted by atomic mass is 16.4. The average Bonchev–Trinajstić information content (AvgIpc) is 2.54. The number of allylic oxidation sites excluding steroid dienone is 2. The maximum absolute atomic E-state index is 12.0. The Bertz CT molecular complexity index is 602. The number of rotatable bonds is 6. The molecule has 1 aromatic rings. The minimum atomic E-state index is -1.01. The van der Waals surface area contributed by atoms with Crippen molar-refractivity contribution in [2.75, 3.05) is 5.32 Å². The van der Waals surface area contributed by atoms with Crippen molar-refractivity contribution in [2.24, 2.45) is 0 Å². The summed E-state index contributed by atoms with van der Waals surface area (Å²) < 4.78 is 0. The lowest BCUT2D eigenvalue weighted by Crippen LogP contribution is -2.14.